The first-order valence-electron chi connectivity index (χ1n) is 5.20. The van der Waals surface area contributed by atoms with Crippen LogP contribution in [0.15, 0.2) is 18.2 Å². The van der Waals surface area contributed by atoms with Crippen molar-refractivity contribution in [2.24, 2.45) is 11.7 Å². The number of benzene rings is 1. The molecule has 0 unspecified atom stereocenters. The molecular weight excluding hydrogens is 194 g/mol. The van der Waals surface area contributed by atoms with Crippen LogP contribution in [0.5, 0.6) is 0 Å². The summed E-state index contributed by atoms with van der Waals surface area (Å²) < 4.78 is 0. The van der Waals surface area contributed by atoms with Crippen molar-refractivity contribution in [3.05, 3.63) is 34.3 Å². The zero-order valence-corrected chi connectivity index (χ0v) is 9.22. The maximum absolute atomic E-state index is 6.22. The van der Waals surface area contributed by atoms with E-state index in [2.05, 4.69) is 13.0 Å². The van der Waals surface area contributed by atoms with Gasteiger partial charge in [-0.15, -0.1) is 0 Å². The highest BCUT2D eigenvalue weighted by Gasteiger charge is 2.27. The van der Waals surface area contributed by atoms with Crippen LogP contribution >= 0.6 is 11.6 Å². The molecule has 2 N–H and O–H groups in total. The van der Waals surface area contributed by atoms with E-state index in [1.807, 2.05) is 12.1 Å². The predicted molar refractivity (Wildman–Crippen MR) is 60.5 cm³/mol. The Labute approximate surface area is 90.3 Å². The summed E-state index contributed by atoms with van der Waals surface area (Å²) in [6, 6.07) is 6.13. The van der Waals surface area contributed by atoms with Gasteiger partial charge in [0, 0.05) is 11.1 Å². The van der Waals surface area contributed by atoms with E-state index >= 15 is 0 Å². The monoisotopic (exact) mass is 209 g/mol. The van der Waals surface area contributed by atoms with E-state index in [9.17, 15) is 0 Å². The van der Waals surface area contributed by atoms with Crippen molar-refractivity contribution >= 4 is 11.6 Å². The molecule has 1 atom stereocenters. The molecule has 0 aliphatic heterocycles. The predicted octanol–water partition coefficient (Wildman–Crippen LogP) is 3.45. The van der Waals surface area contributed by atoms with Crippen LogP contribution < -0.4 is 5.73 Å². The molecule has 1 aliphatic carbocycles. The summed E-state index contributed by atoms with van der Waals surface area (Å²) in [7, 11) is 0. The second kappa shape index (κ2) is 3.92. The lowest BCUT2D eigenvalue weighted by Gasteiger charge is -2.32. The third-order valence-corrected chi connectivity index (χ3v) is 3.59. The summed E-state index contributed by atoms with van der Waals surface area (Å²) >= 11 is 6.17. The highest BCUT2D eigenvalue weighted by molar-refractivity contribution is 6.31. The molecule has 1 nitrogen and oxygen atoms in total. The van der Waals surface area contributed by atoms with E-state index < -0.39 is 0 Å². The number of halogens is 1. The molecule has 1 aromatic carbocycles. The molecule has 76 valence electrons. The van der Waals surface area contributed by atoms with Crippen LogP contribution in [-0.2, 0) is 0 Å². The second-order valence-corrected chi connectivity index (χ2v) is 4.59. The van der Waals surface area contributed by atoms with Crippen LogP contribution in [0.4, 0.5) is 0 Å². The highest BCUT2D eigenvalue weighted by Crippen LogP contribution is 2.39. The van der Waals surface area contributed by atoms with Gasteiger partial charge in [0.05, 0.1) is 0 Å². The lowest BCUT2D eigenvalue weighted by molar-refractivity contribution is 0.264. The summed E-state index contributed by atoms with van der Waals surface area (Å²) in [5.41, 5.74) is 8.59. The smallest absolute Gasteiger partial charge is 0.0456 e. The molecule has 1 fully saturated rings. The van der Waals surface area contributed by atoms with Crippen molar-refractivity contribution in [2.45, 2.75) is 32.2 Å². The first kappa shape index (κ1) is 10.0. The molecule has 1 saturated carbocycles. The Morgan fingerprint density at radius 1 is 1.43 bits per heavy atom. The van der Waals surface area contributed by atoms with E-state index in [1.54, 1.807) is 0 Å². The number of hydrogen-bond acceptors (Lipinski definition) is 1. The van der Waals surface area contributed by atoms with Gasteiger partial charge in [-0.1, -0.05) is 30.2 Å². The molecule has 0 spiro atoms. The van der Waals surface area contributed by atoms with Gasteiger partial charge in [0.1, 0.15) is 0 Å². The van der Waals surface area contributed by atoms with Gasteiger partial charge in [-0.05, 0) is 42.9 Å². The lowest BCUT2D eigenvalue weighted by atomic mass is 9.77. The van der Waals surface area contributed by atoms with Gasteiger partial charge in [-0.2, -0.15) is 0 Å². The molecule has 0 heterocycles. The second-order valence-electron chi connectivity index (χ2n) is 4.19. The molecule has 1 aromatic rings. The molecule has 0 aromatic heterocycles. The largest absolute Gasteiger partial charge is 0.324 e. The molecule has 14 heavy (non-hydrogen) atoms. The molecule has 2 rings (SSSR count). The van der Waals surface area contributed by atoms with Gasteiger partial charge in [-0.25, -0.2) is 0 Å². The van der Waals surface area contributed by atoms with Crippen molar-refractivity contribution in [3.63, 3.8) is 0 Å². The Morgan fingerprint density at radius 3 is 2.64 bits per heavy atom. The molecule has 0 bridgehead atoms. The van der Waals surface area contributed by atoms with Gasteiger partial charge in [0.25, 0.3) is 0 Å². The highest BCUT2D eigenvalue weighted by atomic mass is 35.5. The van der Waals surface area contributed by atoms with Crippen molar-refractivity contribution in [1.29, 1.82) is 0 Å². The van der Waals surface area contributed by atoms with Gasteiger partial charge in [0.2, 0.25) is 0 Å². The fourth-order valence-corrected chi connectivity index (χ4v) is 2.45. The quantitative estimate of drug-likeness (QED) is 0.794. The molecular formula is C12H16ClN. The summed E-state index contributed by atoms with van der Waals surface area (Å²) in [4.78, 5) is 0. The SMILES string of the molecule is Cc1cccc(Cl)c1[C@@H](N)C1CCC1. The van der Waals surface area contributed by atoms with Crippen LogP contribution in [0.1, 0.15) is 36.4 Å². The zero-order chi connectivity index (χ0) is 10.1. The number of aryl methyl sites for hydroxylation is 1. The standard InChI is InChI=1S/C12H16ClN/c1-8-4-2-7-10(13)11(8)12(14)9-5-3-6-9/h2,4,7,9,12H,3,5-6,14H2,1H3/t12-/m0/s1. The maximum atomic E-state index is 6.22. The number of nitrogens with two attached hydrogens (primary N) is 1. The summed E-state index contributed by atoms with van der Waals surface area (Å²) in [5, 5.41) is 0.824. The third kappa shape index (κ3) is 1.67. The van der Waals surface area contributed by atoms with E-state index in [0.29, 0.717) is 5.92 Å². The minimum atomic E-state index is 0.137. The molecule has 0 saturated heterocycles. The van der Waals surface area contributed by atoms with Crippen LogP contribution in [0.2, 0.25) is 5.02 Å². The Bertz CT molecular complexity index is 311. The number of rotatable bonds is 2. The lowest BCUT2D eigenvalue weighted by Crippen LogP contribution is -2.27. The topological polar surface area (TPSA) is 26.0 Å². The fraction of sp³-hybridized carbons (Fsp3) is 0.500. The van der Waals surface area contributed by atoms with Crippen molar-refractivity contribution < 1.29 is 0 Å². The van der Waals surface area contributed by atoms with Crippen molar-refractivity contribution in [1.82, 2.24) is 0 Å². The number of hydrogen-bond donors (Lipinski definition) is 1. The van der Waals surface area contributed by atoms with Crippen LogP contribution in [0.25, 0.3) is 0 Å². The van der Waals surface area contributed by atoms with Crippen molar-refractivity contribution in [3.8, 4) is 0 Å². The van der Waals surface area contributed by atoms with E-state index in [1.165, 1.54) is 24.8 Å². The average Bonchev–Trinajstić information content (AvgIpc) is 2.00. The molecule has 0 amide bonds. The van der Waals surface area contributed by atoms with Gasteiger partial charge < -0.3 is 5.73 Å². The zero-order valence-electron chi connectivity index (χ0n) is 8.46. The minimum absolute atomic E-state index is 0.137. The van der Waals surface area contributed by atoms with Gasteiger partial charge >= 0.3 is 0 Å². The Hall–Kier alpha value is -0.530. The van der Waals surface area contributed by atoms with E-state index in [-0.39, 0.29) is 6.04 Å². The van der Waals surface area contributed by atoms with Crippen molar-refractivity contribution in [2.75, 3.05) is 0 Å². The van der Waals surface area contributed by atoms with E-state index in [4.69, 9.17) is 17.3 Å². The summed E-state index contributed by atoms with van der Waals surface area (Å²) in [6.07, 6.45) is 3.83. The van der Waals surface area contributed by atoms with E-state index in [0.717, 1.165) is 10.6 Å². The first-order chi connectivity index (χ1) is 6.70. The van der Waals surface area contributed by atoms with Crippen LogP contribution in [0, 0.1) is 12.8 Å². The molecule has 2 heteroatoms. The first-order valence-corrected chi connectivity index (χ1v) is 5.58. The molecule has 1 aliphatic rings. The summed E-state index contributed by atoms with van der Waals surface area (Å²) in [5.74, 6) is 0.647. The third-order valence-electron chi connectivity index (χ3n) is 3.26. The average molecular weight is 210 g/mol. The Kier molecular flexibility index (Phi) is 2.80. The Balaban J connectivity index is 2.29. The fourth-order valence-electron chi connectivity index (χ4n) is 2.10. The normalized spacial score (nSPS) is 19.1. The maximum Gasteiger partial charge on any atom is 0.0456 e. The van der Waals surface area contributed by atoms with Gasteiger partial charge in [-0.3, -0.25) is 0 Å². The minimum Gasteiger partial charge on any atom is -0.324 e. The van der Waals surface area contributed by atoms with Crippen LogP contribution in [0.3, 0.4) is 0 Å². The Morgan fingerprint density at radius 2 is 2.14 bits per heavy atom. The molecule has 0 radical (unpaired) electrons. The van der Waals surface area contributed by atoms with Gasteiger partial charge in [0.15, 0.2) is 0 Å². The van der Waals surface area contributed by atoms with Crippen LogP contribution in [-0.4, -0.2) is 0 Å². The summed E-state index contributed by atoms with van der Waals surface area (Å²) in [6.45, 7) is 2.08.